The first-order valence-electron chi connectivity index (χ1n) is 3.66. The van der Waals surface area contributed by atoms with Crippen LogP contribution in [0, 0.1) is 0 Å². The van der Waals surface area contributed by atoms with Crippen LogP contribution in [0.15, 0.2) is 0 Å². The molecule has 0 bridgehead atoms. The number of carbonyl (C=O) groups is 2. The Morgan fingerprint density at radius 1 is 1.07 bits per heavy atom. The molecule has 0 saturated heterocycles. The summed E-state index contributed by atoms with van der Waals surface area (Å²) in [6.45, 7) is 0. The number of hydrogen-bond acceptors (Lipinski definition) is 6. The molecule has 0 amide bonds. The minimum absolute atomic E-state index is 0. The van der Waals surface area contributed by atoms with Crippen LogP contribution in [-0.2, 0) is 9.59 Å². The molecule has 84 valence electrons. The first kappa shape index (κ1) is 17.9. The van der Waals surface area contributed by atoms with Gasteiger partial charge in [0.05, 0.1) is 0 Å². The SMILES string of the molecule is N[C@@H](CSSC[C@H](N)C(=O)O)C(=O)O.[H-].[Na+]. The topological polar surface area (TPSA) is 127 Å². The van der Waals surface area contributed by atoms with E-state index >= 15 is 0 Å². The molecule has 15 heavy (non-hydrogen) atoms. The number of carboxylic acid groups (broad SMARTS) is 2. The predicted octanol–water partition coefficient (Wildman–Crippen LogP) is -3.69. The molecule has 0 aromatic rings. The third kappa shape index (κ3) is 9.49. The summed E-state index contributed by atoms with van der Waals surface area (Å²) in [6.07, 6.45) is 0. The molecular weight excluding hydrogens is 251 g/mol. The Morgan fingerprint density at radius 3 is 1.53 bits per heavy atom. The van der Waals surface area contributed by atoms with Crippen LogP contribution in [0.2, 0.25) is 0 Å². The van der Waals surface area contributed by atoms with Crippen molar-refractivity contribution in [2.45, 2.75) is 12.1 Å². The minimum atomic E-state index is -1.07. The zero-order valence-corrected chi connectivity index (χ0v) is 11.9. The number of rotatable bonds is 7. The van der Waals surface area contributed by atoms with Gasteiger partial charge in [0.15, 0.2) is 0 Å². The maximum absolute atomic E-state index is 10.3. The molecule has 0 radical (unpaired) electrons. The van der Waals surface area contributed by atoms with Crippen LogP contribution in [-0.4, -0.2) is 45.7 Å². The molecular formula is C6H13N2NaO4S2. The second-order valence-corrected chi connectivity index (χ2v) is 5.01. The van der Waals surface area contributed by atoms with Gasteiger partial charge in [-0.25, -0.2) is 0 Å². The molecule has 0 heterocycles. The summed E-state index contributed by atoms with van der Waals surface area (Å²) in [6, 6.07) is -1.85. The van der Waals surface area contributed by atoms with Crippen molar-refractivity contribution < 1.29 is 50.8 Å². The van der Waals surface area contributed by atoms with Crippen molar-refractivity contribution in [3.8, 4) is 0 Å². The monoisotopic (exact) mass is 264 g/mol. The van der Waals surface area contributed by atoms with E-state index in [1.165, 1.54) is 21.6 Å². The molecule has 0 saturated carbocycles. The van der Waals surface area contributed by atoms with Gasteiger partial charge in [-0.15, -0.1) is 0 Å². The minimum Gasteiger partial charge on any atom is -1.00 e. The fourth-order valence-corrected chi connectivity index (χ4v) is 2.61. The Balaban J connectivity index is -0.000000845. The molecule has 0 fully saturated rings. The molecule has 9 heteroatoms. The van der Waals surface area contributed by atoms with Crippen LogP contribution >= 0.6 is 21.6 Å². The van der Waals surface area contributed by atoms with Crippen LogP contribution in [0.1, 0.15) is 1.43 Å². The third-order valence-electron chi connectivity index (χ3n) is 1.21. The van der Waals surface area contributed by atoms with Crippen LogP contribution in [0.4, 0.5) is 0 Å². The van der Waals surface area contributed by atoms with Crippen molar-refractivity contribution in [1.82, 2.24) is 0 Å². The molecule has 0 aromatic heterocycles. The van der Waals surface area contributed by atoms with E-state index in [1.54, 1.807) is 0 Å². The zero-order valence-electron chi connectivity index (χ0n) is 9.25. The average Bonchev–Trinajstić information content (AvgIpc) is 2.11. The van der Waals surface area contributed by atoms with Crippen LogP contribution in [0.5, 0.6) is 0 Å². The van der Waals surface area contributed by atoms with Crippen molar-refractivity contribution in [1.29, 1.82) is 0 Å². The van der Waals surface area contributed by atoms with Crippen molar-refractivity contribution >= 4 is 33.5 Å². The molecule has 0 spiro atoms. The molecule has 6 N–H and O–H groups in total. The Labute approximate surface area is 119 Å². The molecule has 2 atom stereocenters. The summed E-state index contributed by atoms with van der Waals surface area (Å²) < 4.78 is 0. The van der Waals surface area contributed by atoms with Gasteiger partial charge < -0.3 is 23.1 Å². The van der Waals surface area contributed by atoms with Gasteiger partial charge >= 0.3 is 41.5 Å². The largest absolute Gasteiger partial charge is 1.00 e. The Kier molecular flexibility index (Phi) is 11.7. The molecule has 0 aliphatic carbocycles. The van der Waals surface area contributed by atoms with E-state index in [9.17, 15) is 9.59 Å². The average molecular weight is 264 g/mol. The van der Waals surface area contributed by atoms with Crippen molar-refractivity contribution in [2.75, 3.05) is 11.5 Å². The third-order valence-corrected chi connectivity index (χ3v) is 3.69. The van der Waals surface area contributed by atoms with Gasteiger partial charge in [-0.05, 0) is 0 Å². The van der Waals surface area contributed by atoms with Gasteiger partial charge in [-0.1, -0.05) is 21.6 Å². The number of hydrogen-bond donors (Lipinski definition) is 4. The van der Waals surface area contributed by atoms with E-state index in [2.05, 4.69) is 0 Å². The second kappa shape index (κ2) is 9.76. The standard InChI is InChI=1S/C6H12N2O4S2.Na.H/c7-3(5(9)10)1-13-14-2-4(8)6(11)12;;/h3-4H,1-2,7-8H2,(H,9,10)(H,11,12);;/q;+1;-1/t3-,4-;;/m0../s1. The maximum atomic E-state index is 10.3. The molecule has 6 nitrogen and oxygen atoms in total. The van der Waals surface area contributed by atoms with Gasteiger partial charge in [0, 0.05) is 11.5 Å². The number of carboxylic acids is 2. The Bertz CT molecular complexity index is 203. The van der Waals surface area contributed by atoms with Gasteiger partial charge in [0.25, 0.3) is 0 Å². The van der Waals surface area contributed by atoms with Crippen LogP contribution in [0.25, 0.3) is 0 Å². The normalized spacial score (nSPS) is 13.7. The first-order chi connectivity index (χ1) is 6.45. The predicted molar refractivity (Wildman–Crippen MR) is 57.3 cm³/mol. The van der Waals surface area contributed by atoms with E-state index in [0.29, 0.717) is 0 Å². The van der Waals surface area contributed by atoms with Crippen molar-refractivity contribution in [3.63, 3.8) is 0 Å². The number of aliphatic carboxylic acids is 2. The van der Waals surface area contributed by atoms with E-state index < -0.39 is 24.0 Å². The summed E-state index contributed by atoms with van der Waals surface area (Å²) in [5.74, 6) is -1.68. The second-order valence-electron chi connectivity index (χ2n) is 2.46. The molecule has 0 rings (SSSR count). The van der Waals surface area contributed by atoms with E-state index in [4.69, 9.17) is 21.7 Å². The summed E-state index contributed by atoms with van der Waals surface area (Å²) in [5, 5.41) is 16.8. The molecule has 0 unspecified atom stereocenters. The number of nitrogens with two attached hydrogens (primary N) is 2. The summed E-state index contributed by atoms with van der Waals surface area (Å²) in [7, 11) is 2.41. The Hall–Kier alpha value is 0.560. The van der Waals surface area contributed by atoms with Crippen LogP contribution in [0.3, 0.4) is 0 Å². The van der Waals surface area contributed by atoms with E-state index in [1.807, 2.05) is 0 Å². The van der Waals surface area contributed by atoms with Crippen molar-refractivity contribution in [3.05, 3.63) is 0 Å². The van der Waals surface area contributed by atoms with Crippen molar-refractivity contribution in [2.24, 2.45) is 11.5 Å². The zero-order chi connectivity index (χ0) is 11.1. The fourth-order valence-electron chi connectivity index (χ4n) is 0.385. The first-order valence-corrected chi connectivity index (χ1v) is 6.15. The van der Waals surface area contributed by atoms with E-state index in [0.717, 1.165) is 0 Å². The smallest absolute Gasteiger partial charge is 1.00 e. The van der Waals surface area contributed by atoms with E-state index in [-0.39, 0.29) is 42.5 Å². The van der Waals surface area contributed by atoms with Gasteiger partial charge in [0.2, 0.25) is 0 Å². The summed E-state index contributed by atoms with van der Waals surface area (Å²) in [4.78, 5) is 20.5. The quantitative estimate of drug-likeness (QED) is 0.210. The fraction of sp³-hybridized carbons (Fsp3) is 0.667. The van der Waals surface area contributed by atoms with Gasteiger partial charge in [-0.2, -0.15) is 0 Å². The molecule has 0 aliphatic heterocycles. The summed E-state index contributed by atoms with van der Waals surface area (Å²) in [5.41, 5.74) is 10.4. The molecule has 0 aromatic carbocycles. The molecule has 0 aliphatic rings. The van der Waals surface area contributed by atoms with Gasteiger partial charge in [0.1, 0.15) is 12.1 Å². The summed E-state index contributed by atoms with van der Waals surface area (Å²) >= 11 is 0. The van der Waals surface area contributed by atoms with Gasteiger partial charge in [-0.3, -0.25) is 9.59 Å². The maximum Gasteiger partial charge on any atom is 1.00 e. The van der Waals surface area contributed by atoms with Crippen LogP contribution < -0.4 is 41.0 Å². The Morgan fingerprint density at radius 2 is 1.33 bits per heavy atom.